The van der Waals surface area contributed by atoms with E-state index < -0.39 is 0 Å². The van der Waals surface area contributed by atoms with Crippen LogP contribution in [-0.4, -0.2) is 28.1 Å². The van der Waals surface area contributed by atoms with Crippen molar-refractivity contribution < 1.29 is 4.74 Å². The summed E-state index contributed by atoms with van der Waals surface area (Å²) in [6.45, 7) is 3.20. The molecule has 18 heavy (non-hydrogen) atoms. The second-order valence-corrected chi connectivity index (χ2v) is 4.88. The molecule has 0 spiro atoms. The third kappa shape index (κ3) is 1.66. The van der Waals surface area contributed by atoms with Gasteiger partial charge in [-0.1, -0.05) is 6.42 Å². The van der Waals surface area contributed by atoms with Crippen LogP contribution in [0.15, 0.2) is 12.1 Å². The zero-order valence-corrected chi connectivity index (χ0v) is 10.6. The molecule has 5 heteroatoms. The molecule has 0 aliphatic heterocycles. The summed E-state index contributed by atoms with van der Waals surface area (Å²) in [5.41, 5.74) is 7.61. The zero-order chi connectivity index (χ0) is 12.6. The monoisotopic (exact) mass is 246 g/mol. The summed E-state index contributed by atoms with van der Waals surface area (Å²) in [6, 6.07) is 3.83. The van der Waals surface area contributed by atoms with Gasteiger partial charge in [0.25, 0.3) is 0 Å². The van der Waals surface area contributed by atoms with Gasteiger partial charge in [-0.25, -0.2) is 4.98 Å². The fourth-order valence-electron chi connectivity index (χ4n) is 2.50. The van der Waals surface area contributed by atoms with Crippen molar-refractivity contribution in [1.82, 2.24) is 15.0 Å². The summed E-state index contributed by atoms with van der Waals surface area (Å²) in [5, 5.41) is 0. The number of aromatic nitrogens is 3. The first kappa shape index (κ1) is 11.5. The molecular formula is C13H18N4O. The van der Waals surface area contributed by atoms with Gasteiger partial charge in [0.2, 0.25) is 5.88 Å². The maximum Gasteiger partial charge on any atom is 0.215 e. The quantitative estimate of drug-likeness (QED) is 0.861. The Balaban J connectivity index is 2.00. The van der Waals surface area contributed by atoms with Gasteiger partial charge in [-0.2, -0.15) is 4.98 Å². The van der Waals surface area contributed by atoms with E-state index in [-0.39, 0.29) is 5.41 Å². The molecule has 1 aliphatic carbocycles. The van der Waals surface area contributed by atoms with E-state index in [9.17, 15) is 0 Å². The minimum absolute atomic E-state index is 0.0481. The Morgan fingerprint density at radius 3 is 2.83 bits per heavy atom. The van der Waals surface area contributed by atoms with Gasteiger partial charge in [-0.05, 0) is 25.8 Å². The molecule has 3 rings (SSSR count). The van der Waals surface area contributed by atoms with Crippen LogP contribution in [-0.2, 0) is 5.41 Å². The van der Waals surface area contributed by atoms with Crippen molar-refractivity contribution in [2.75, 3.05) is 13.2 Å². The third-order valence-electron chi connectivity index (χ3n) is 3.82. The number of nitrogens with two attached hydrogens (primary N) is 1. The third-order valence-corrected chi connectivity index (χ3v) is 3.82. The van der Waals surface area contributed by atoms with Crippen molar-refractivity contribution in [3.05, 3.63) is 18.0 Å². The van der Waals surface area contributed by atoms with Crippen LogP contribution in [0.4, 0.5) is 0 Å². The Bertz CT molecular complexity index is 554. The maximum absolute atomic E-state index is 5.90. The van der Waals surface area contributed by atoms with E-state index in [1.807, 2.05) is 19.1 Å². The first-order chi connectivity index (χ1) is 8.77. The Labute approximate surface area is 106 Å². The molecule has 3 N–H and O–H groups in total. The molecule has 0 saturated heterocycles. The molecule has 0 amide bonds. The molecule has 0 unspecified atom stereocenters. The van der Waals surface area contributed by atoms with Gasteiger partial charge < -0.3 is 15.5 Å². The second-order valence-electron chi connectivity index (χ2n) is 4.88. The van der Waals surface area contributed by atoms with E-state index in [2.05, 4.69) is 15.0 Å². The second kappa shape index (κ2) is 4.24. The largest absolute Gasteiger partial charge is 0.478 e. The highest BCUT2D eigenvalue weighted by Gasteiger charge is 2.40. The molecule has 2 heterocycles. The van der Waals surface area contributed by atoms with Gasteiger partial charge >= 0.3 is 0 Å². The standard InChI is InChI=1S/C13H18N4O/c1-2-18-10-5-4-9-11(16-10)17-12(15-9)13(8-14)6-3-7-13/h4-5H,2-3,6-8,14H2,1H3,(H,15,16,17). The van der Waals surface area contributed by atoms with Crippen molar-refractivity contribution in [3.8, 4) is 5.88 Å². The van der Waals surface area contributed by atoms with Crippen LogP contribution >= 0.6 is 0 Å². The predicted molar refractivity (Wildman–Crippen MR) is 69.6 cm³/mol. The summed E-state index contributed by atoms with van der Waals surface area (Å²) in [6.07, 6.45) is 3.45. The lowest BCUT2D eigenvalue weighted by molar-refractivity contribution is 0.240. The summed E-state index contributed by atoms with van der Waals surface area (Å²) in [7, 11) is 0. The number of hydrogen-bond acceptors (Lipinski definition) is 4. The number of ether oxygens (including phenoxy) is 1. The van der Waals surface area contributed by atoms with E-state index >= 15 is 0 Å². The van der Waals surface area contributed by atoms with E-state index in [1.54, 1.807) is 0 Å². The number of nitrogens with zero attached hydrogens (tertiary/aromatic N) is 2. The van der Waals surface area contributed by atoms with Crippen LogP contribution in [0.25, 0.3) is 11.2 Å². The molecule has 1 saturated carbocycles. The lowest BCUT2D eigenvalue weighted by Gasteiger charge is -2.38. The Kier molecular flexibility index (Phi) is 2.70. The van der Waals surface area contributed by atoms with Gasteiger partial charge in [0.15, 0.2) is 5.65 Å². The highest BCUT2D eigenvalue weighted by molar-refractivity contribution is 5.71. The Hall–Kier alpha value is -1.62. The average molecular weight is 246 g/mol. The molecule has 0 radical (unpaired) electrons. The van der Waals surface area contributed by atoms with Gasteiger partial charge in [0, 0.05) is 18.0 Å². The molecule has 96 valence electrons. The van der Waals surface area contributed by atoms with Gasteiger partial charge in [-0.15, -0.1) is 0 Å². The number of hydrogen-bond donors (Lipinski definition) is 2. The molecule has 0 bridgehead atoms. The highest BCUT2D eigenvalue weighted by Crippen LogP contribution is 2.41. The summed E-state index contributed by atoms with van der Waals surface area (Å²) >= 11 is 0. The molecule has 1 aliphatic rings. The van der Waals surface area contributed by atoms with Crippen LogP contribution < -0.4 is 10.5 Å². The van der Waals surface area contributed by atoms with Gasteiger partial charge in [-0.3, -0.25) is 0 Å². The molecule has 2 aromatic rings. The van der Waals surface area contributed by atoms with Crippen molar-refractivity contribution in [3.63, 3.8) is 0 Å². The van der Waals surface area contributed by atoms with Crippen molar-refractivity contribution >= 4 is 11.2 Å². The molecule has 5 nitrogen and oxygen atoms in total. The number of fused-ring (bicyclic) bond motifs is 1. The number of nitrogens with one attached hydrogen (secondary N) is 1. The summed E-state index contributed by atoms with van der Waals surface area (Å²) in [4.78, 5) is 12.3. The number of pyridine rings is 1. The Morgan fingerprint density at radius 1 is 1.39 bits per heavy atom. The SMILES string of the molecule is CCOc1ccc2[nH]c(C3(CN)CCC3)nc2n1. The van der Waals surface area contributed by atoms with Crippen LogP contribution in [0.1, 0.15) is 32.0 Å². The van der Waals surface area contributed by atoms with Gasteiger partial charge in [0.05, 0.1) is 12.1 Å². The predicted octanol–water partition coefficient (Wildman–Crippen LogP) is 1.74. The Morgan fingerprint density at radius 2 is 2.22 bits per heavy atom. The molecular weight excluding hydrogens is 228 g/mol. The van der Waals surface area contributed by atoms with Crippen molar-refractivity contribution in [1.29, 1.82) is 0 Å². The van der Waals surface area contributed by atoms with E-state index in [0.717, 1.165) is 29.8 Å². The lowest BCUT2D eigenvalue weighted by atomic mass is 9.68. The molecule has 2 aromatic heterocycles. The normalized spacial score (nSPS) is 17.7. The lowest BCUT2D eigenvalue weighted by Crippen LogP contribution is -2.42. The maximum atomic E-state index is 5.90. The first-order valence-corrected chi connectivity index (χ1v) is 6.47. The summed E-state index contributed by atoms with van der Waals surface area (Å²) in [5.74, 6) is 1.60. The number of rotatable bonds is 4. The molecule has 1 fully saturated rings. The molecule has 0 aromatic carbocycles. The van der Waals surface area contributed by atoms with Crippen LogP contribution in [0.5, 0.6) is 5.88 Å². The number of aromatic amines is 1. The van der Waals surface area contributed by atoms with E-state index in [0.29, 0.717) is 19.0 Å². The highest BCUT2D eigenvalue weighted by atomic mass is 16.5. The van der Waals surface area contributed by atoms with Crippen molar-refractivity contribution in [2.24, 2.45) is 5.73 Å². The first-order valence-electron chi connectivity index (χ1n) is 6.47. The summed E-state index contributed by atoms with van der Waals surface area (Å²) < 4.78 is 5.39. The molecule has 0 atom stereocenters. The topological polar surface area (TPSA) is 76.8 Å². The van der Waals surface area contributed by atoms with Gasteiger partial charge in [0.1, 0.15) is 5.82 Å². The van der Waals surface area contributed by atoms with E-state index in [4.69, 9.17) is 10.5 Å². The minimum atomic E-state index is 0.0481. The van der Waals surface area contributed by atoms with Crippen LogP contribution in [0.2, 0.25) is 0 Å². The zero-order valence-electron chi connectivity index (χ0n) is 10.6. The average Bonchev–Trinajstić information content (AvgIpc) is 2.72. The fourth-order valence-corrected chi connectivity index (χ4v) is 2.50. The van der Waals surface area contributed by atoms with Crippen LogP contribution in [0.3, 0.4) is 0 Å². The number of imidazole rings is 1. The van der Waals surface area contributed by atoms with Crippen LogP contribution in [0, 0.1) is 0 Å². The minimum Gasteiger partial charge on any atom is -0.478 e. The fraction of sp³-hybridized carbons (Fsp3) is 0.538. The number of H-pyrrole nitrogens is 1. The van der Waals surface area contributed by atoms with E-state index in [1.165, 1.54) is 6.42 Å². The van der Waals surface area contributed by atoms with Crippen molar-refractivity contribution in [2.45, 2.75) is 31.6 Å². The smallest absolute Gasteiger partial charge is 0.215 e.